The highest BCUT2D eigenvalue weighted by Gasteiger charge is 2.40. The number of aliphatic hydroxyl groups excluding tert-OH is 1. The van der Waals surface area contributed by atoms with Crippen molar-refractivity contribution < 1.29 is 29.3 Å². The van der Waals surface area contributed by atoms with E-state index < -0.39 is 53.2 Å². The Labute approximate surface area is 272 Å². The molecule has 0 spiro atoms. The second-order valence-electron chi connectivity index (χ2n) is 13.8. The first-order chi connectivity index (χ1) is 21.6. The Kier molecular flexibility index (Phi) is 12.3. The lowest BCUT2D eigenvalue weighted by atomic mass is 9.70. The second-order valence-corrected chi connectivity index (χ2v) is 13.8. The quantitative estimate of drug-likeness (QED) is 0.170. The van der Waals surface area contributed by atoms with Crippen LogP contribution in [0.5, 0.6) is 0 Å². The Hall–Kier alpha value is -4.44. The molecule has 10 nitrogen and oxygen atoms in total. The summed E-state index contributed by atoms with van der Waals surface area (Å²) < 4.78 is 4.80. The number of nitrogens with zero attached hydrogens (tertiary/aromatic N) is 1. The first-order valence-corrected chi connectivity index (χ1v) is 15.5. The molecule has 0 saturated heterocycles. The maximum Gasteiger partial charge on any atom is 0.407 e. The van der Waals surface area contributed by atoms with Gasteiger partial charge in [-0.25, -0.2) is 9.59 Å². The van der Waals surface area contributed by atoms with E-state index >= 15 is 0 Å². The highest BCUT2D eigenvalue weighted by molar-refractivity contribution is 5.86. The van der Waals surface area contributed by atoms with Crippen LogP contribution in [0.4, 0.5) is 9.59 Å². The van der Waals surface area contributed by atoms with Crippen LogP contribution in [-0.4, -0.2) is 64.6 Å². The lowest BCUT2D eigenvalue weighted by molar-refractivity contribution is -0.126. The van der Waals surface area contributed by atoms with Gasteiger partial charge in [0.15, 0.2) is 0 Å². The number of aromatic nitrogens is 1. The van der Waals surface area contributed by atoms with Gasteiger partial charge in [0.05, 0.1) is 19.3 Å². The monoisotopic (exact) mass is 632 g/mol. The molecule has 0 aliphatic carbocycles. The number of methoxy groups -OCH3 is 1. The number of hydrogen-bond donors (Lipinski definition) is 5. The second kappa shape index (κ2) is 15.7. The number of alkyl carbamates (subject to hydrolysis) is 1. The summed E-state index contributed by atoms with van der Waals surface area (Å²) in [5.74, 6) is -0.767. The molecule has 0 aliphatic rings. The number of nitrogens with one attached hydrogen (secondary N) is 3. The first kappa shape index (κ1) is 36.0. The van der Waals surface area contributed by atoms with Crippen LogP contribution in [0, 0.1) is 10.8 Å². The Morgan fingerprint density at radius 1 is 0.804 bits per heavy atom. The molecule has 3 amide bonds. The van der Waals surface area contributed by atoms with Crippen LogP contribution in [0.2, 0.25) is 0 Å². The van der Waals surface area contributed by atoms with E-state index in [0.717, 1.165) is 22.3 Å². The van der Waals surface area contributed by atoms with Crippen molar-refractivity contribution in [3.05, 3.63) is 90.3 Å². The molecule has 3 rings (SSSR count). The molecule has 1 unspecified atom stereocenters. The Morgan fingerprint density at radius 3 is 1.98 bits per heavy atom. The molecule has 46 heavy (non-hydrogen) atoms. The number of hydrogen-bond acceptors (Lipinski definition) is 6. The molecule has 0 radical (unpaired) electrons. The average Bonchev–Trinajstić information content (AvgIpc) is 2.99. The van der Waals surface area contributed by atoms with Crippen LogP contribution in [0.3, 0.4) is 0 Å². The van der Waals surface area contributed by atoms with Crippen LogP contribution < -0.4 is 16.0 Å². The number of rotatable bonds is 12. The number of aliphatic hydroxyl groups is 1. The number of benzene rings is 2. The maximum absolute atomic E-state index is 14.0. The SMILES string of the molecule is COC(=O)N[C@H](C(=O)N[C@@H](C[C@@H](O)[C@H](Cc1ccccc1)NC(=O)O)C(c1ccc(-c2cccnc2)cc1)C(C)(C)C)C(C)(C)C. The zero-order chi connectivity index (χ0) is 34.1. The van der Waals surface area contributed by atoms with Crippen molar-refractivity contribution in [2.45, 2.75) is 84.5 Å². The lowest BCUT2D eigenvalue weighted by Crippen LogP contribution is -2.58. The minimum absolute atomic E-state index is 0.0326. The molecule has 1 aromatic heterocycles. The molecule has 0 aliphatic heterocycles. The maximum atomic E-state index is 14.0. The fraction of sp³-hybridized carbons (Fsp3) is 0.444. The Morgan fingerprint density at radius 2 is 1.46 bits per heavy atom. The molecule has 0 saturated carbocycles. The number of ether oxygens (including phenoxy) is 1. The smallest absolute Gasteiger partial charge is 0.407 e. The van der Waals surface area contributed by atoms with Crippen LogP contribution in [0.15, 0.2) is 79.1 Å². The summed E-state index contributed by atoms with van der Waals surface area (Å²) >= 11 is 0. The van der Waals surface area contributed by atoms with Crippen molar-refractivity contribution in [3.8, 4) is 11.1 Å². The van der Waals surface area contributed by atoms with Gasteiger partial charge in [0.2, 0.25) is 5.91 Å². The minimum Gasteiger partial charge on any atom is -0.465 e. The minimum atomic E-state index is -1.26. The molecule has 2 aromatic carbocycles. The molecule has 1 heterocycles. The zero-order valence-corrected chi connectivity index (χ0v) is 27.8. The van der Waals surface area contributed by atoms with Gasteiger partial charge in [-0.05, 0) is 52.0 Å². The van der Waals surface area contributed by atoms with E-state index in [1.165, 1.54) is 7.11 Å². The van der Waals surface area contributed by atoms with E-state index in [0.29, 0.717) is 0 Å². The fourth-order valence-corrected chi connectivity index (χ4v) is 5.88. The first-order valence-electron chi connectivity index (χ1n) is 15.5. The third-order valence-corrected chi connectivity index (χ3v) is 8.07. The normalized spacial score (nSPS) is 15.0. The summed E-state index contributed by atoms with van der Waals surface area (Å²) in [7, 11) is 1.24. The van der Waals surface area contributed by atoms with Crippen molar-refractivity contribution in [1.29, 1.82) is 0 Å². The van der Waals surface area contributed by atoms with Gasteiger partial charge in [0.25, 0.3) is 0 Å². The van der Waals surface area contributed by atoms with E-state index in [2.05, 4.69) is 41.7 Å². The van der Waals surface area contributed by atoms with Gasteiger partial charge >= 0.3 is 12.2 Å². The highest BCUT2D eigenvalue weighted by atomic mass is 16.5. The van der Waals surface area contributed by atoms with Gasteiger partial charge in [-0.2, -0.15) is 0 Å². The predicted molar refractivity (Wildman–Crippen MR) is 178 cm³/mol. The number of amides is 3. The summed E-state index contributed by atoms with van der Waals surface area (Å²) in [5, 5.41) is 29.6. The van der Waals surface area contributed by atoms with Crippen LogP contribution in [0.1, 0.15) is 65.0 Å². The molecule has 10 heteroatoms. The standard InChI is InChI=1S/C36H48N4O6/c1-35(2,3)30(25-17-15-24(16-18-25)26-14-11-19-37-22-26)28(38-32(42)31(36(4,5)6)40-34(45)46-7)21-29(41)27(39-33(43)44)20-23-12-9-8-10-13-23/h8-19,22,27-31,39,41H,20-21H2,1-7H3,(H,38,42)(H,40,45)(H,43,44)/t27-,28-,29+,30?,31+/m0/s1. The van der Waals surface area contributed by atoms with E-state index in [1.54, 1.807) is 12.4 Å². The van der Waals surface area contributed by atoms with Crippen molar-refractivity contribution in [2.24, 2.45) is 10.8 Å². The molecule has 5 atom stereocenters. The van der Waals surface area contributed by atoms with E-state index in [9.17, 15) is 24.6 Å². The topological polar surface area (TPSA) is 150 Å². The van der Waals surface area contributed by atoms with Crippen LogP contribution >= 0.6 is 0 Å². The summed E-state index contributed by atoms with van der Waals surface area (Å²) in [4.78, 5) is 42.3. The molecule has 248 valence electrons. The fourth-order valence-electron chi connectivity index (χ4n) is 5.88. The van der Waals surface area contributed by atoms with Crippen LogP contribution in [-0.2, 0) is 16.0 Å². The number of carbonyl (C=O) groups excluding carboxylic acids is 2. The van der Waals surface area contributed by atoms with Gasteiger partial charge in [0, 0.05) is 24.4 Å². The molecule has 0 fully saturated rings. The van der Waals surface area contributed by atoms with Gasteiger partial charge in [-0.1, -0.05) is 102 Å². The summed E-state index contributed by atoms with van der Waals surface area (Å²) in [5.41, 5.74) is 2.63. The summed E-state index contributed by atoms with van der Waals surface area (Å²) in [6.45, 7) is 11.7. The molecular weight excluding hydrogens is 584 g/mol. The largest absolute Gasteiger partial charge is 0.465 e. The molecule has 3 aromatic rings. The molecule has 5 N–H and O–H groups in total. The third kappa shape index (κ3) is 10.3. The summed E-state index contributed by atoms with van der Waals surface area (Å²) in [6.07, 6.45) is 0.638. The van der Waals surface area contributed by atoms with E-state index in [4.69, 9.17) is 4.74 Å². The van der Waals surface area contributed by atoms with Crippen LogP contribution in [0.25, 0.3) is 11.1 Å². The number of pyridine rings is 1. The van der Waals surface area contributed by atoms with Gasteiger partial charge in [-0.15, -0.1) is 0 Å². The highest BCUT2D eigenvalue weighted by Crippen LogP contribution is 2.40. The van der Waals surface area contributed by atoms with Crippen molar-refractivity contribution in [2.75, 3.05) is 7.11 Å². The average molecular weight is 633 g/mol. The van der Waals surface area contributed by atoms with E-state index in [-0.39, 0.29) is 18.8 Å². The summed E-state index contributed by atoms with van der Waals surface area (Å²) in [6, 6.07) is 18.7. The predicted octanol–water partition coefficient (Wildman–Crippen LogP) is 5.76. The number of carboxylic acid groups (broad SMARTS) is 1. The third-order valence-electron chi connectivity index (χ3n) is 8.07. The van der Waals surface area contributed by atoms with Gasteiger partial charge < -0.3 is 30.9 Å². The van der Waals surface area contributed by atoms with Gasteiger partial charge in [-0.3, -0.25) is 9.78 Å². The Balaban J connectivity index is 2.05. The van der Waals surface area contributed by atoms with E-state index in [1.807, 2.05) is 87.5 Å². The molecule has 0 bridgehead atoms. The number of carbonyl (C=O) groups is 3. The van der Waals surface area contributed by atoms with Crippen molar-refractivity contribution >= 4 is 18.1 Å². The zero-order valence-electron chi connectivity index (χ0n) is 27.8. The van der Waals surface area contributed by atoms with Crippen molar-refractivity contribution in [3.63, 3.8) is 0 Å². The molecular formula is C36H48N4O6. The lowest BCUT2D eigenvalue weighted by Gasteiger charge is -2.41. The van der Waals surface area contributed by atoms with Crippen molar-refractivity contribution in [1.82, 2.24) is 20.9 Å². The van der Waals surface area contributed by atoms with Gasteiger partial charge in [0.1, 0.15) is 6.04 Å². The Bertz CT molecular complexity index is 1420.